The maximum Gasteiger partial charge on any atom is 0.258 e. The van der Waals surface area contributed by atoms with Crippen LogP contribution in [0.5, 0.6) is 5.75 Å². The Morgan fingerprint density at radius 1 is 1.17 bits per heavy atom. The molecule has 0 atom stereocenters. The molecule has 0 bridgehead atoms. The maximum absolute atomic E-state index is 13.0. The van der Waals surface area contributed by atoms with E-state index in [0.717, 1.165) is 28.8 Å². The molecule has 5 rings (SSSR count). The van der Waals surface area contributed by atoms with Crippen molar-refractivity contribution in [1.82, 2.24) is 14.5 Å². The molecule has 0 saturated heterocycles. The lowest BCUT2D eigenvalue weighted by molar-refractivity contribution is 0.305. The Morgan fingerprint density at radius 3 is 2.83 bits per heavy atom. The number of ether oxygens (including phenoxy) is 1. The van der Waals surface area contributed by atoms with Crippen LogP contribution in [0, 0.1) is 5.82 Å². The van der Waals surface area contributed by atoms with E-state index in [0.29, 0.717) is 29.9 Å². The number of hydrogen-bond acceptors (Lipinski definition) is 3. The molecule has 152 valence electrons. The van der Waals surface area contributed by atoms with Crippen molar-refractivity contribution in [2.75, 3.05) is 6.54 Å². The van der Waals surface area contributed by atoms with Gasteiger partial charge in [-0.1, -0.05) is 18.2 Å². The van der Waals surface area contributed by atoms with E-state index in [1.807, 2.05) is 12.1 Å². The molecule has 2 aromatic heterocycles. The first kappa shape index (κ1) is 15.5. The smallest absolute Gasteiger partial charge is 0.258 e. The predicted octanol–water partition coefficient (Wildman–Crippen LogP) is 3.69. The molecule has 6 heteroatoms. The van der Waals surface area contributed by atoms with E-state index in [2.05, 4.69) is 5.32 Å². The Morgan fingerprint density at radius 2 is 2.03 bits per heavy atom. The third-order valence-corrected chi connectivity index (χ3v) is 5.49. The Bertz CT molecular complexity index is 1390. The molecule has 4 aromatic rings. The molecule has 1 aliphatic rings. The van der Waals surface area contributed by atoms with Crippen LogP contribution in [0.4, 0.5) is 4.39 Å². The maximum atomic E-state index is 13.0. The topological polar surface area (TPSA) is 48.2 Å². The largest absolute Gasteiger partial charge is 0.489 e. The van der Waals surface area contributed by atoms with Gasteiger partial charge in [0.1, 0.15) is 18.2 Å². The number of nitrogens with zero attached hydrogens (tertiary/aromatic N) is 2. The zero-order valence-electron chi connectivity index (χ0n) is 19.2. The second kappa shape index (κ2) is 7.46. The molecule has 2 aromatic carbocycles. The number of fused-ring (bicyclic) bond motifs is 3. The van der Waals surface area contributed by atoms with Crippen LogP contribution >= 0.6 is 0 Å². The Hall–Kier alpha value is -3.38. The van der Waals surface area contributed by atoms with Gasteiger partial charge in [0.05, 0.1) is 11.2 Å². The first-order valence-electron chi connectivity index (χ1n) is 11.3. The summed E-state index contributed by atoms with van der Waals surface area (Å²) < 4.78 is 45.8. The number of hydrogen-bond donors (Lipinski definition) is 1. The van der Waals surface area contributed by atoms with E-state index in [-0.39, 0.29) is 18.0 Å². The molecule has 0 fully saturated rings. The summed E-state index contributed by atoms with van der Waals surface area (Å²) in [5, 5.41) is 4.18. The van der Waals surface area contributed by atoms with Crippen LogP contribution in [-0.2, 0) is 26.5 Å². The van der Waals surface area contributed by atoms with Gasteiger partial charge < -0.3 is 14.6 Å². The Labute approximate surface area is 177 Å². The molecule has 0 saturated carbocycles. The first-order valence-corrected chi connectivity index (χ1v) is 9.79. The molecule has 0 unspecified atom stereocenters. The monoisotopic (exact) mass is 406 g/mol. The van der Waals surface area contributed by atoms with Gasteiger partial charge in [-0.15, -0.1) is 0 Å². The van der Waals surface area contributed by atoms with E-state index in [1.54, 1.807) is 30.5 Å². The average Bonchev–Trinajstić information content (AvgIpc) is 3.13. The van der Waals surface area contributed by atoms with Crippen LogP contribution in [0.1, 0.15) is 20.9 Å². The van der Waals surface area contributed by atoms with Gasteiger partial charge >= 0.3 is 0 Å². The zero-order valence-corrected chi connectivity index (χ0v) is 16.2. The standard InChI is InChI=1S/C24H22FN3O2/c1-27-22-8-10-26-14-21(22)20-7-6-18(12-23(20)27)28-11-9-19(13-24(28)29)30-15-16-2-4-17(25)5-3-16/h2-7,9,11-13,26H,8,10,14-15H2,1H3/i1D3. The van der Waals surface area contributed by atoms with Gasteiger partial charge in [-0.2, -0.15) is 0 Å². The number of halogens is 1. The number of benzene rings is 2. The van der Waals surface area contributed by atoms with E-state index in [1.165, 1.54) is 27.3 Å². The summed E-state index contributed by atoms with van der Waals surface area (Å²) in [5.41, 5.74) is 3.46. The van der Waals surface area contributed by atoms with Crippen LogP contribution in [0.3, 0.4) is 0 Å². The third-order valence-electron chi connectivity index (χ3n) is 5.49. The van der Waals surface area contributed by atoms with Gasteiger partial charge in [-0.25, -0.2) is 4.39 Å². The van der Waals surface area contributed by atoms with E-state index < -0.39 is 6.98 Å². The van der Waals surface area contributed by atoms with Crippen molar-refractivity contribution in [2.45, 2.75) is 19.6 Å². The van der Waals surface area contributed by atoms with E-state index in [9.17, 15) is 9.18 Å². The number of aryl methyl sites for hydroxylation is 1. The average molecular weight is 406 g/mol. The SMILES string of the molecule is [2H]C([2H])([2H])n1c2c(c3ccc(-n4ccc(OCc5ccc(F)cc5)cc4=O)cc31)CNCC2. The van der Waals surface area contributed by atoms with Crippen LogP contribution in [0.2, 0.25) is 0 Å². The van der Waals surface area contributed by atoms with Crippen molar-refractivity contribution >= 4 is 10.9 Å². The van der Waals surface area contributed by atoms with Crippen molar-refractivity contribution < 1.29 is 13.2 Å². The quantitative estimate of drug-likeness (QED) is 0.562. The molecule has 5 nitrogen and oxygen atoms in total. The first-order chi connectivity index (χ1) is 15.8. The second-order valence-corrected chi connectivity index (χ2v) is 7.37. The molecule has 0 amide bonds. The number of nitrogens with one attached hydrogen (secondary N) is 1. The van der Waals surface area contributed by atoms with Gasteiger partial charge in [-0.3, -0.25) is 9.36 Å². The molecule has 0 radical (unpaired) electrons. The molecular weight excluding hydrogens is 381 g/mol. The summed E-state index contributed by atoms with van der Waals surface area (Å²) in [4.78, 5) is 12.8. The van der Waals surface area contributed by atoms with Gasteiger partial charge in [0.25, 0.3) is 5.56 Å². The number of rotatable bonds is 4. The molecule has 0 spiro atoms. The van der Waals surface area contributed by atoms with Gasteiger partial charge in [-0.05, 0) is 41.5 Å². The van der Waals surface area contributed by atoms with Gasteiger partial charge in [0.15, 0.2) is 0 Å². The fourth-order valence-corrected chi connectivity index (χ4v) is 3.94. The van der Waals surface area contributed by atoms with Crippen LogP contribution in [-0.4, -0.2) is 15.7 Å². The minimum Gasteiger partial charge on any atom is -0.489 e. The van der Waals surface area contributed by atoms with Crippen molar-refractivity contribution in [2.24, 2.45) is 6.98 Å². The lowest BCUT2D eigenvalue weighted by atomic mass is 10.1. The number of aromatic nitrogens is 2. The summed E-state index contributed by atoms with van der Waals surface area (Å²) in [6, 6.07) is 14.5. The predicted molar refractivity (Wildman–Crippen MR) is 115 cm³/mol. The summed E-state index contributed by atoms with van der Waals surface area (Å²) in [6.07, 6.45) is 2.24. The van der Waals surface area contributed by atoms with Crippen molar-refractivity contribution in [3.8, 4) is 11.4 Å². The Balaban J connectivity index is 1.49. The zero-order chi connectivity index (χ0) is 23.2. The lowest BCUT2D eigenvalue weighted by Gasteiger charge is -2.14. The van der Waals surface area contributed by atoms with E-state index >= 15 is 0 Å². The summed E-state index contributed by atoms with van der Waals surface area (Å²) >= 11 is 0. The highest BCUT2D eigenvalue weighted by molar-refractivity contribution is 5.87. The summed E-state index contributed by atoms with van der Waals surface area (Å²) in [6.45, 7) is -0.758. The Kier molecular flexibility index (Phi) is 3.84. The molecule has 0 aliphatic carbocycles. The van der Waals surface area contributed by atoms with Gasteiger partial charge in [0, 0.05) is 53.9 Å². The van der Waals surface area contributed by atoms with E-state index in [4.69, 9.17) is 8.85 Å². The molecular formula is C24H22FN3O2. The highest BCUT2D eigenvalue weighted by Crippen LogP contribution is 2.29. The van der Waals surface area contributed by atoms with Crippen molar-refractivity contribution in [1.29, 1.82) is 0 Å². The molecule has 3 heterocycles. The normalized spacial score (nSPS) is 15.3. The third kappa shape index (κ3) is 3.29. The fraction of sp³-hybridized carbons (Fsp3) is 0.208. The minimum absolute atomic E-state index is 0.210. The molecule has 1 aliphatic heterocycles. The van der Waals surface area contributed by atoms with Gasteiger partial charge in [0.2, 0.25) is 0 Å². The van der Waals surface area contributed by atoms with Crippen LogP contribution < -0.4 is 15.6 Å². The summed E-state index contributed by atoms with van der Waals surface area (Å²) in [5.74, 6) is 0.0779. The minimum atomic E-state index is -2.31. The highest BCUT2D eigenvalue weighted by atomic mass is 19.1. The van der Waals surface area contributed by atoms with Crippen LogP contribution in [0.25, 0.3) is 16.6 Å². The fourth-order valence-electron chi connectivity index (χ4n) is 3.94. The number of pyridine rings is 1. The highest BCUT2D eigenvalue weighted by Gasteiger charge is 2.18. The molecule has 1 N–H and O–H groups in total. The molecule has 30 heavy (non-hydrogen) atoms. The lowest BCUT2D eigenvalue weighted by Crippen LogP contribution is -2.24. The summed E-state index contributed by atoms with van der Waals surface area (Å²) in [7, 11) is 0. The van der Waals surface area contributed by atoms with Crippen LogP contribution in [0.15, 0.2) is 65.6 Å². The second-order valence-electron chi connectivity index (χ2n) is 7.37. The van der Waals surface area contributed by atoms with Crippen molar-refractivity contribution in [3.05, 3.63) is 93.8 Å². The van der Waals surface area contributed by atoms with Crippen molar-refractivity contribution in [3.63, 3.8) is 0 Å².